The zero-order valence-corrected chi connectivity index (χ0v) is 12.0. The Morgan fingerprint density at radius 1 is 1.30 bits per heavy atom. The Labute approximate surface area is 119 Å². The van der Waals surface area contributed by atoms with E-state index in [0.29, 0.717) is 18.5 Å². The first-order chi connectivity index (χ1) is 9.49. The van der Waals surface area contributed by atoms with Crippen LogP contribution in [0.2, 0.25) is 0 Å². The van der Waals surface area contributed by atoms with Gasteiger partial charge in [-0.25, -0.2) is 0 Å². The number of phenolic OH excluding ortho intramolecular Hbond substituents is 2. The van der Waals surface area contributed by atoms with Crippen molar-refractivity contribution in [3.8, 4) is 11.5 Å². The molecule has 1 aromatic carbocycles. The number of amides is 1. The molecule has 0 saturated carbocycles. The SMILES string of the molecule is CC(CN1CCCC1=O)NC(C)c1c(O)cccc1O. The van der Waals surface area contributed by atoms with Gasteiger partial charge in [0.2, 0.25) is 5.91 Å². The van der Waals surface area contributed by atoms with E-state index in [1.54, 1.807) is 18.2 Å². The number of carbonyl (C=O) groups excluding carboxylic acids is 1. The van der Waals surface area contributed by atoms with Crippen LogP contribution in [0.15, 0.2) is 18.2 Å². The van der Waals surface area contributed by atoms with Crippen molar-refractivity contribution in [1.29, 1.82) is 0 Å². The largest absolute Gasteiger partial charge is 0.507 e. The number of benzene rings is 1. The molecule has 2 atom stereocenters. The third kappa shape index (κ3) is 3.22. The first-order valence-electron chi connectivity index (χ1n) is 7.03. The lowest BCUT2D eigenvalue weighted by Crippen LogP contribution is -2.40. The molecule has 1 amide bonds. The van der Waals surface area contributed by atoms with E-state index in [4.69, 9.17) is 0 Å². The molecule has 5 heteroatoms. The van der Waals surface area contributed by atoms with Gasteiger partial charge in [-0.1, -0.05) is 6.07 Å². The van der Waals surface area contributed by atoms with Gasteiger partial charge in [0.1, 0.15) is 11.5 Å². The van der Waals surface area contributed by atoms with Gasteiger partial charge >= 0.3 is 0 Å². The average Bonchev–Trinajstić information content (AvgIpc) is 2.74. The molecule has 110 valence electrons. The normalized spacial score (nSPS) is 18.3. The molecule has 1 saturated heterocycles. The molecule has 1 heterocycles. The van der Waals surface area contributed by atoms with E-state index in [1.165, 1.54) is 0 Å². The number of nitrogens with zero attached hydrogens (tertiary/aromatic N) is 1. The van der Waals surface area contributed by atoms with Crippen molar-refractivity contribution in [3.63, 3.8) is 0 Å². The molecule has 2 rings (SSSR count). The molecule has 0 aromatic heterocycles. The second-order valence-corrected chi connectivity index (χ2v) is 5.44. The van der Waals surface area contributed by atoms with Crippen LogP contribution < -0.4 is 5.32 Å². The van der Waals surface area contributed by atoms with E-state index in [-0.39, 0.29) is 29.5 Å². The first kappa shape index (κ1) is 14.7. The highest BCUT2D eigenvalue weighted by Gasteiger charge is 2.23. The Hall–Kier alpha value is -1.75. The van der Waals surface area contributed by atoms with E-state index in [0.717, 1.165) is 13.0 Å². The molecule has 1 fully saturated rings. The standard InChI is InChI=1S/C15H22N2O3/c1-10(9-17-8-4-7-14(17)20)16-11(2)15-12(18)5-3-6-13(15)19/h3,5-6,10-11,16,18-19H,4,7-9H2,1-2H3. The van der Waals surface area contributed by atoms with Crippen LogP contribution in [0.1, 0.15) is 38.3 Å². The van der Waals surface area contributed by atoms with Crippen molar-refractivity contribution >= 4 is 5.91 Å². The van der Waals surface area contributed by atoms with Gasteiger partial charge in [-0.2, -0.15) is 0 Å². The van der Waals surface area contributed by atoms with Crippen molar-refractivity contribution in [2.24, 2.45) is 0 Å². The third-order valence-electron chi connectivity index (χ3n) is 3.69. The minimum atomic E-state index is -0.191. The molecule has 1 aliphatic rings. The van der Waals surface area contributed by atoms with Gasteiger partial charge in [0, 0.05) is 31.6 Å². The molecule has 20 heavy (non-hydrogen) atoms. The van der Waals surface area contributed by atoms with Crippen LogP contribution in [0.3, 0.4) is 0 Å². The van der Waals surface area contributed by atoms with Gasteiger partial charge in [0.25, 0.3) is 0 Å². The monoisotopic (exact) mass is 278 g/mol. The second-order valence-electron chi connectivity index (χ2n) is 5.44. The minimum Gasteiger partial charge on any atom is -0.507 e. The van der Waals surface area contributed by atoms with Gasteiger partial charge < -0.3 is 20.4 Å². The maximum Gasteiger partial charge on any atom is 0.222 e. The van der Waals surface area contributed by atoms with Crippen molar-refractivity contribution in [2.75, 3.05) is 13.1 Å². The summed E-state index contributed by atoms with van der Waals surface area (Å²) in [6.45, 7) is 5.36. The second kappa shape index (κ2) is 6.13. The van der Waals surface area contributed by atoms with Crippen LogP contribution in [0.4, 0.5) is 0 Å². The molecule has 5 nitrogen and oxygen atoms in total. The quantitative estimate of drug-likeness (QED) is 0.767. The van der Waals surface area contributed by atoms with Gasteiger partial charge in [-0.05, 0) is 32.4 Å². The third-order valence-corrected chi connectivity index (χ3v) is 3.69. The number of hydrogen-bond donors (Lipinski definition) is 3. The summed E-state index contributed by atoms with van der Waals surface area (Å²) in [6.07, 6.45) is 1.57. The highest BCUT2D eigenvalue weighted by atomic mass is 16.3. The summed E-state index contributed by atoms with van der Waals surface area (Å²) in [6, 6.07) is 4.62. The minimum absolute atomic E-state index is 0.0782. The smallest absolute Gasteiger partial charge is 0.222 e. The van der Waals surface area contributed by atoms with Gasteiger partial charge in [-0.3, -0.25) is 4.79 Å². The van der Waals surface area contributed by atoms with Crippen molar-refractivity contribution < 1.29 is 15.0 Å². The number of hydrogen-bond acceptors (Lipinski definition) is 4. The summed E-state index contributed by atoms with van der Waals surface area (Å²) in [4.78, 5) is 13.4. The maximum absolute atomic E-state index is 11.6. The van der Waals surface area contributed by atoms with E-state index >= 15 is 0 Å². The van der Waals surface area contributed by atoms with Crippen LogP contribution in [0.5, 0.6) is 11.5 Å². The fraction of sp³-hybridized carbons (Fsp3) is 0.533. The van der Waals surface area contributed by atoms with Crippen LogP contribution in [0.25, 0.3) is 0 Å². The van der Waals surface area contributed by atoms with Crippen LogP contribution in [-0.4, -0.2) is 40.2 Å². The summed E-state index contributed by atoms with van der Waals surface area (Å²) >= 11 is 0. The number of carbonyl (C=O) groups is 1. The first-order valence-corrected chi connectivity index (χ1v) is 7.03. The van der Waals surface area contributed by atoms with Crippen LogP contribution >= 0.6 is 0 Å². The molecule has 0 bridgehead atoms. The van der Waals surface area contributed by atoms with E-state index in [1.807, 2.05) is 18.7 Å². The zero-order valence-electron chi connectivity index (χ0n) is 12.0. The van der Waals surface area contributed by atoms with Crippen LogP contribution in [0, 0.1) is 0 Å². The van der Waals surface area contributed by atoms with E-state index < -0.39 is 0 Å². The summed E-state index contributed by atoms with van der Waals surface area (Å²) in [5.41, 5.74) is 0.493. The summed E-state index contributed by atoms with van der Waals surface area (Å²) in [5.74, 6) is 0.362. The summed E-state index contributed by atoms with van der Waals surface area (Å²) < 4.78 is 0. The lowest BCUT2D eigenvalue weighted by molar-refractivity contribution is -0.127. The Morgan fingerprint density at radius 3 is 2.50 bits per heavy atom. The summed E-state index contributed by atoms with van der Waals surface area (Å²) in [5, 5.41) is 23.0. The van der Waals surface area contributed by atoms with Gasteiger partial charge in [0.05, 0.1) is 5.56 Å². The molecule has 2 unspecified atom stereocenters. The summed E-state index contributed by atoms with van der Waals surface area (Å²) in [7, 11) is 0. The molecular weight excluding hydrogens is 256 g/mol. The Kier molecular flexibility index (Phi) is 4.49. The molecule has 0 radical (unpaired) electrons. The number of aromatic hydroxyl groups is 2. The maximum atomic E-state index is 11.6. The topological polar surface area (TPSA) is 72.8 Å². The van der Waals surface area contributed by atoms with E-state index in [2.05, 4.69) is 5.32 Å². The van der Waals surface area contributed by atoms with Gasteiger partial charge in [-0.15, -0.1) is 0 Å². The predicted octanol–water partition coefficient (Wildman–Crippen LogP) is 1.76. The fourth-order valence-electron chi connectivity index (χ4n) is 2.78. The molecule has 1 aromatic rings. The highest BCUT2D eigenvalue weighted by molar-refractivity contribution is 5.78. The van der Waals surface area contributed by atoms with E-state index in [9.17, 15) is 15.0 Å². The average molecular weight is 278 g/mol. The molecular formula is C15H22N2O3. The predicted molar refractivity (Wildman–Crippen MR) is 76.6 cm³/mol. The molecule has 1 aliphatic heterocycles. The number of phenols is 2. The van der Waals surface area contributed by atoms with Crippen LogP contribution in [-0.2, 0) is 4.79 Å². The molecule has 0 aliphatic carbocycles. The van der Waals surface area contributed by atoms with Crippen molar-refractivity contribution in [3.05, 3.63) is 23.8 Å². The fourth-order valence-corrected chi connectivity index (χ4v) is 2.78. The lowest BCUT2D eigenvalue weighted by Gasteiger charge is -2.25. The highest BCUT2D eigenvalue weighted by Crippen LogP contribution is 2.32. The van der Waals surface area contributed by atoms with Crippen molar-refractivity contribution in [2.45, 2.75) is 38.8 Å². The van der Waals surface area contributed by atoms with Gasteiger partial charge in [0.15, 0.2) is 0 Å². The molecule has 0 spiro atoms. The zero-order chi connectivity index (χ0) is 14.7. The number of rotatable bonds is 5. The molecule has 3 N–H and O–H groups in total. The Bertz CT molecular complexity index is 470. The number of nitrogens with one attached hydrogen (secondary N) is 1. The van der Waals surface area contributed by atoms with Crippen molar-refractivity contribution in [1.82, 2.24) is 10.2 Å². The number of likely N-dealkylation sites (tertiary alicyclic amines) is 1. The Balaban J connectivity index is 1.97. The Morgan fingerprint density at radius 2 is 1.95 bits per heavy atom. The lowest BCUT2D eigenvalue weighted by atomic mass is 10.0.